The molecule has 1 aromatic carbocycles. The van der Waals surface area contributed by atoms with Crippen molar-refractivity contribution in [2.24, 2.45) is 0 Å². The molecule has 30 heavy (non-hydrogen) atoms. The zero-order chi connectivity index (χ0) is 21.0. The minimum Gasteiger partial charge on any atom is -0.341 e. The minimum absolute atomic E-state index is 0.302. The number of nitrogens with zero attached hydrogens (tertiary/aromatic N) is 3. The van der Waals surface area contributed by atoms with Crippen molar-refractivity contribution in [1.29, 1.82) is 0 Å². The van der Waals surface area contributed by atoms with E-state index in [1.807, 2.05) is 4.57 Å². The molecule has 2 aromatic heterocycles. The van der Waals surface area contributed by atoms with Gasteiger partial charge in [0, 0.05) is 17.8 Å². The van der Waals surface area contributed by atoms with Gasteiger partial charge in [0.05, 0.1) is 17.4 Å². The highest BCUT2D eigenvalue weighted by Gasteiger charge is 2.49. The Kier molecular flexibility index (Phi) is 4.09. The molecular weight excluding hydrogens is 392 g/mol. The van der Waals surface area contributed by atoms with Gasteiger partial charge in [-0.15, -0.1) is 0 Å². The highest BCUT2D eigenvalue weighted by molar-refractivity contribution is 6.43. The summed E-state index contributed by atoms with van der Waals surface area (Å²) in [4.78, 5) is 26.0. The Morgan fingerprint density at radius 1 is 1.23 bits per heavy atom. The molecule has 0 saturated heterocycles. The molecule has 0 bridgehead atoms. The van der Waals surface area contributed by atoms with E-state index in [1.54, 1.807) is 13.1 Å². The van der Waals surface area contributed by atoms with Crippen molar-refractivity contribution in [2.75, 3.05) is 0 Å². The number of aromatic nitrogens is 4. The number of carbonyl (C=O) groups excluding carboxylic acids is 2. The average Bonchev–Trinajstić information content (AvgIpc) is 3.09. The van der Waals surface area contributed by atoms with Crippen molar-refractivity contribution in [2.45, 2.75) is 44.7 Å². The third kappa shape index (κ3) is 2.76. The smallest absolute Gasteiger partial charge is 0.294 e. The van der Waals surface area contributed by atoms with Crippen molar-refractivity contribution in [3.63, 3.8) is 0 Å². The van der Waals surface area contributed by atoms with Crippen LogP contribution in [0.2, 0.25) is 0 Å². The van der Waals surface area contributed by atoms with Crippen molar-refractivity contribution in [1.82, 2.24) is 25.3 Å². The summed E-state index contributed by atoms with van der Waals surface area (Å²) in [5.41, 5.74) is 2.91. The van der Waals surface area contributed by atoms with Crippen molar-refractivity contribution >= 4 is 11.7 Å². The number of hydrogen-bond donors (Lipinski definition) is 2. The molecule has 1 aliphatic carbocycles. The standard InChI is InChI=1S/C21H19F2N5O2/c1-11-17(12-4-5-13(22)14(23)9-12)15-3-2-8-28(15)18(11)19(29)20(30)25-21(6-7-21)16-10-24-27-26-16/h4-5,9-10H,2-3,6-8H2,1H3,(H,25,30)(H,24,26,27). The lowest BCUT2D eigenvalue weighted by Gasteiger charge is -2.14. The second kappa shape index (κ2) is 6.58. The summed E-state index contributed by atoms with van der Waals surface area (Å²) >= 11 is 0. The van der Waals surface area contributed by atoms with Gasteiger partial charge >= 0.3 is 0 Å². The first-order valence-corrected chi connectivity index (χ1v) is 9.82. The lowest BCUT2D eigenvalue weighted by Crippen LogP contribution is -2.40. The van der Waals surface area contributed by atoms with Gasteiger partial charge in [0.2, 0.25) is 0 Å². The first-order valence-electron chi connectivity index (χ1n) is 9.82. The zero-order valence-corrected chi connectivity index (χ0v) is 16.3. The van der Waals surface area contributed by atoms with Gasteiger partial charge < -0.3 is 9.88 Å². The lowest BCUT2D eigenvalue weighted by molar-refractivity contribution is -0.118. The maximum atomic E-state index is 13.8. The monoisotopic (exact) mass is 411 g/mol. The van der Waals surface area contributed by atoms with Crippen molar-refractivity contribution < 1.29 is 18.4 Å². The number of nitrogens with one attached hydrogen (secondary N) is 2. The number of amides is 1. The largest absolute Gasteiger partial charge is 0.341 e. The Hall–Kier alpha value is -3.36. The zero-order valence-electron chi connectivity index (χ0n) is 16.3. The topological polar surface area (TPSA) is 92.7 Å². The van der Waals surface area contributed by atoms with E-state index >= 15 is 0 Å². The fraction of sp³-hybridized carbons (Fsp3) is 0.333. The quantitative estimate of drug-likeness (QED) is 0.499. The molecule has 0 atom stereocenters. The van der Waals surface area contributed by atoms with Crippen molar-refractivity contribution in [3.05, 3.63) is 58.7 Å². The van der Waals surface area contributed by atoms with E-state index in [4.69, 9.17) is 0 Å². The Morgan fingerprint density at radius 2 is 2.03 bits per heavy atom. The van der Waals surface area contributed by atoms with Crippen LogP contribution in [0.4, 0.5) is 8.78 Å². The van der Waals surface area contributed by atoms with Gasteiger partial charge in [0.1, 0.15) is 5.69 Å². The van der Waals surface area contributed by atoms with Crippen LogP contribution in [0.15, 0.2) is 24.4 Å². The maximum absolute atomic E-state index is 13.8. The number of Topliss-reactive ketones (excluding diaryl/α,β-unsaturated/α-hetero) is 1. The normalized spacial score (nSPS) is 16.4. The fourth-order valence-electron chi connectivity index (χ4n) is 4.43. The van der Waals surface area contributed by atoms with Crippen molar-refractivity contribution in [3.8, 4) is 11.1 Å². The molecule has 2 aliphatic rings. The van der Waals surface area contributed by atoms with E-state index in [1.165, 1.54) is 6.07 Å². The molecule has 0 spiro atoms. The van der Waals surface area contributed by atoms with Crippen LogP contribution in [-0.4, -0.2) is 31.7 Å². The summed E-state index contributed by atoms with van der Waals surface area (Å²) in [6, 6.07) is 3.71. The lowest BCUT2D eigenvalue weighted by atomic mass is 9.98. The molecule has 5 rings (SSSR count). The molecule has 1 amide bonds. The van der Waals surface area contributed by atoms with E-state index < -0.39 is 28.9 Å². The maximum Gasteiger partial charge on any atom is 0.294 e. The van der Waals surface area contributed by atoms with Gasteiger partial charge in [-0.1, -0.05) is 6.07 Å². The van der Waals surface area contributed by atoms with E-state index in [9.17, 15) is 18.4 Å². The average molecular weight is 411 g/mol. The SMILES string of the molecule is Cc1c(-c2ccc(F)c(F)c2)c2n(c1C(=O)C(=O)NC1(c3cn[nH]n3)CC1)CCC2. The van der Waals surface area contributed by atoms with Gasteiger partial charge in [0.25, 0.3) is 11.7 Å². The summed E-state index contributed by atoms with van der Waals surface area (Å²) in [7, 11) is 0. The predicted molar refractivity (Wildman–Crippen MR) is 103 cm³/mol. The number of fused-ring (bicyclic) bond motifs is 1. The molecular formula is C21H19F2N5O2. The van der Waals surface area contributed by atoms with Gasteiger partial charge in [-0.25, -0.2) is 8.78 Å². The molecule has 7 nitrogen and oxygen atoms in total. The highest BCUT2D eigenvalue weighted by Crippen LogP contribution is 2.44. The number of aromatic amines is 1. The second-order valence-electron chi connectivity index (χ2n) is 7.90. The third-order valence-corrected chi connectivity index (χ3v) is 6.05. The van der Waals surface area contributed by atoms with Crippen LogP contribution < -0.4 is 5.32 Å². The van der Waals surface area contributed by atoms with Gasteiger partial charge in [0.15, 0.2) is 11.6 Å². The number of halogens is 2. The molecule has 0 radical (unpaired) electrons. The molecule has 2 N–H and O–H groups in total. The number of carbonyl (C=O) groups is 2. The Balaban J connectivity index is 1.51. The Morgan fingerprint density at radius 3 is 2.70 bits per heavy atom. The highest BCUT2D eigenvalue weighted by atomic mass is 19.2. The molecule has 3 heterocycles. The number of ketones is 1. The van der Waals surface area contributed by atoms with Crippen LogP contribution in [0.5, 0.6) is 0 Å². The Bertz CT molecular complexity index is 1180. The van der Waals surface area contributed by atoms with E-state index in [2.05, 4.69) is 20.7 Å². The summed E-state index contributed by atoms with van der Waals surface area (Å²) in [6.07, 6.45) is 4.43. The molecule has 1 aliphatic heterocycles. The van der Waals surface area contributed by atoms with Gasteiger partial charge in [-0.2, -0.15) is 15.4 Å². The van der Waals surface area contributed by atoms with Gasteiger partial charge in [-0.05, 0) is 55.9 Å². The molecule has 0 unspecified atom stereocenters. The van der Waals surface area contributed by atoms with E-state index in [-0.39, 0.29) is 0 Å². The summed E-state index contributed by atoms with van der Waals surface area (Å²) in [5, 5.41) is 13.2. The summed E-state index contributed by atoms with van der Waals surface area (Å²) < 4.78 is 29.1. The first-order chi connectivity index (χ1) is 14.4. The van der Waals surface area contributed by atoms with Gasteiger partial charge in [-0.3, -0.25) is 9.59 Å². The van der Waals surface area contributed by atoms with Crippen LogP contribution in [0, 0.1) is 18.6 Å². The molecule has 1 fully saturated rings. The molecule has 9 heteroatoms. The molecule has 3 aromatic rings. The number of H-pyrrole nitrogens is 1. The van der Waals surface area contributed by atoms with Crippen LogP contribution in [0.1, 0.15) is 46.7 Å². The number of rotatable bonds is 5. The van der Waals surface area contributed by atoms with Crippen LogP contribution in [0.25, 0.3) is 11.1 Å². The first kappa shape index (κ1) is 18.7. The summed E-state index contributed by atoms with van der Waals surface area (Å²) in [6.45, 7) is 2.34. The number of hydrogen-bond acceptors (Lipinski definition) is 4. The fourth-order valence-corrected chi connectivity index (χ4v) is 4.43. The second-order valence-corrected chi connectivity index (χ2v) is 7.90. The Labute approximate surface area is 170 Å². The molecule has 154 valence electrons. The number of benzene rings is 1. The predicted octanol–water partition coefficient (Wildman–Crippen LogP) is 2.79. The van der Waals surface area contributed by atoms with Crippen LogP contribution in [-0.2, 0) is 23.3 Å². The van der Waals surface area contributed by atoms with E-state index in [0.29, 0.717) is 53.9 Å². The van der Waals surface area contributed by atoms with Crippen LogP contribution >= 0.6 is 0 Å². The summed E-state index contributed by atoms with van der Waals surface area (Å²) in [5.74, 6) is -3.22. The minimum atomic E-state index is -0.946. The molecule has 1 saturated carbocycles. The third-order valence-electron chi connectivity index (χ3n) is 6.05. The van der Waals surface area contributed by atoms with Crippen LogP contribution in [0.3, 0.4) is 0 Å². The van der Waals surface area contributed by atoms with E-state index in [0.717, 1.165) is 24.2 Å².